The van der Waals surface area contributed by atoms with Crippen LogP contribution in [0.2, 0.25) is 0 Å². The molecule has 0 bridgehead atoms. The van der Waals surface area contributed by atoms with Crippen molar-refractivity contribution >= 4 is 5.91 Å². The molecule has 0 aliphatic rings. The third-order valence-corrected chi connectivity index (χ3v) is 1.96. The second-order valence-electron chi connectivity index (χ2n) is 2.95. The summed E-state index contributed by atoms with van der Waals surface area (Å²) in [6.07, 6.45) is -1.35. The van der Waals surface area contributed by atoms with Gasteiger partial charge in [-0.3, -0.25) is 4.79 Å². The molecule has 82 valence electrons. The fourth-order valence-corrected chi connectivity index (χ4v) is 1.15. The second-order valence-corrected chi connectivity index (χ2v) is 2.95. The summed E-state index contributed by atoms with van der Waals surface area (Å²) in [5.41, 5.74) is 5.33. The van der Waals surface area contributed by atoms with Gasteiger partial charge in [-0.05, 0) is 17.7 Å². The van der Waals surface area contributed by atoms with Gasteiger partial charge in [0.2, 0.25) is 0 Å². The van der Waals surface area contributed by atoms with Crippen LogP contribution in [0.15, 0.2) is 18.2 Å². The molecule has 15 heavy (non-hydrogen) atoms. The Morgan fingerprint density at radius 1 is 1.27 bits per heavy atom. The minimum Gasteiger partial charge on any atom is -0.497 e. The third kappa shape index (κ3) is 2.60. The average Bonchev–Trinajstić information content (AvgIpc) is 2.27. The standard InChI is InChI=1S/C10H13NO4/c1-14-7-3-6(9(12)10(11)13)4-8(5-7)15-2/h3-5,9,12H,1-2H3,(H2,11,13). The lowest BCUT2D eigenvalue weighted by Crippen LogP contribution is -2.20. The summed E-state index contributed by atoms with van der Waals surface area (Å²) in [6, 6.07) is 4.69. The summed E-state index contributed by atoms with van der Waals surface area (Å²) < 4.78 is 9.97. The number of hydrogen-bond donors (Lipinski definition) is 2. The third-order valence-electron chi connectivity index (χ3n) is 1.96. The van der Waals surface area contributed by atoms with Crippen LogP contribution in [0.5, 0.6) is 11.5 Å². The van der Waals surface area contributed by atoms with E-state index in [-0.39, 0.29) is 0 Å². The highest BCUT2D eigenvalue weighted by atomic mass is 16.5. The molecule has 0 radical (unpaired) electrons. The second kappa shape index (κ2) is 4.65. The summed E-state index contributed by atoms with van der Waals surface area (Å²) in [4.78, 5) is 10.8. The highest BCUT2D eigenvalue weighted by molar-refractivity contribution is 5.80. The highest BCUT2D eigenvalue weighted by Crippen LogP contribution is 2.26. The van der Waals surface area contributed by atoms with Gasteiger partial charge in [-0.15, -0.1) is 0 Å². The van der Waals surface area contributed by atoms with Gasteiger partial charge in [0.25, 0.3) is 5.91 Å². The fourth-order valence-electron chi connectivity index (χ4n) is 1.15. The molecule has 0 aliphatic carbocycles. The van der Waals surface area contributed by atoms with E-state index in [4.69, 9.17) is 15.2 Å². The summed E-state index contributed by atoms with van der Waals surface area (Å²) in [5.74, 6) is 0.166. The van der Waals surface area contributed by atoms with Crippen molar-refractivity contribution in [1.29, 1.82) is 0 Å². The number of hydrogen-bond acceptors (Lipinski definition) is 4. The van der Waals surface area contributed by atoms with Gasteiger partial charge in [0, 0.05) is 6.07 Å². The molecule has 0 saturated heterocycles. The summed E-state index contributed by atoms with van der Waals surface area (Å²) in [6.45, 7) is 0. The minimum atomic E-state index is -1.35. The Bertz CT molecular complexity index is 342. The van der Waals surface area contributed by atoms with Crippen molar-refractivity contribution in [2.75, 3.05) is 14.2 Å². The predicted molar refractivity (Wildman–Crippen MR) is 53.7 cm³/mol. The zero-order chi connectivity index (χ0) is 11.4. The van der Waals surface area contributed by atoms with Crippen molar-refractivity contribution in [2.45, 2.75) is 6.10 Å². The van der Waals surface area contributed by atoms with Gasteiger partial charge in [0.05, 0.1) is 14.2 Å². The molecule has 5 heteroatoms. The average molecular weight is 211 g/mol. The van der Waals surface area contributed by atoms with E-state index in [2.05, 4.69) is 0 Å². The summed E-state index contributed by atoms with van der Waals surface area (Å²) in [7, 11) is 2.96. The van der Waals surface area contributed by atoms with Crippen LogP contribution in [-0.4, -0.2) is 25.2 Å². The van der Waals surface area contributed by atoms with Crippen molar-refractivity contribution in [3.05, 3.63) is 23.8 Å². The van der Waals surface area contributed by atoms with E-state index in [1.807, 2.05) is 0 Å². The van der Waals surface area contributed by atoms with E-state index in [1.165, 1.54) is 26.4 Å². The quantitative estimate of drug-likeness (QED) is 0.746. The smallest absolute Gasteiger partial charge is 0.250 e. The number of amides is 1. The van der Waals surface area contributed by atoms with Crippen molar-refractivity contribution in [3.63, 3.8) is 0 Å². The van der Waals surface area contributed by atoms with Gasteiger partial charge >= 0.3 is 0 Å². The molecule has 5 nitrogen and oxygen atoms in total. The fraction of sp³-hybridized carbons (Fsp3) is 0.300. The zero-order valence-electron chi connectivity index (χ0n) is 8.56. The maximum Gasteiger partial charge on any atom is 0.250 e. The first-order chi connectivity index (χ1) is 7.08. The lowest BCUT2D eigenvalue weighted by atomic mass is 10.1. The van der Waals surface area contributed by atoms with E-state index >= 15 is 0 Å². The number of aliphatic hydroxyl groups is 1. The Hall–Kier alpha value is -1.75. The molecule has 1 atom stereocenters. The van der Waals surface area contributed by atoms with Gasteiger partial charge in [0.15, 0.2) is 6.10 Å². The van der Waals surface area contributed by atoms with Gasteiger partial charge in [0.1, 0.15) is 11.5 Å². The predicted octanol–water partition coefficient (Wildman–Crippen LogP) is 0.222. The first kappa shape index (κ1) is 11.3. The number of benzene rings is 1. The van der Waals surface area contributed by atoms with Crippen LogP contribution in [-0.2, 0) is 4.79 Å². The Kier molecular flexibility index (Phi) is 3.51. The number of carbonyl (C=O) groups is 1. The van der Waals surface area contributed by atoms with Crippen molar-refractivity contribution in [2.24, 2.45) is 5.73 Å². The molecule has 0 heterocycles. The molecule has 0 aliphatic heterocycles. The highest BCUT2D eigenvalue weighted by Gasteiger charge is 2.15. The maximum atomic E-state index is 10.8. The van der Waals surface area contributed by atoms with E-state index in [0.29, 0.717) is 17.1 Å². The molecule has 0 spiro atoms. The molecular formula is C10H13NO4. The van der Waals surface area contributed by atoms with Crippen molar-refractivity contribution < 1.29 is 19.4 Å². The molecule has 1 amide bonds. The Morgan fingerprint density at radius 2 is 1.73 bits per heavy atom. The monoisotopic (exact) mass is 211 g/mol. The normalized spacial score (nSPS) is 11.9. The molecule has 0 saturated carbocycles. The first-order valence-corrected chi connectivity index (χ1v) is 4.29. The summed E-state index contributed by atoms with van der Waals surface area (Å²) >= 11 is 0. The molecule has 0 fully saturated rings. The van der Waals surface area contributed by atoms with Crippen LogP contribution in [0.1, 0.15) is 11.7 Å². The topological polar surface area (TPSA) is 81.8 Å². The van der Waals surface area contributed by atoms with Crippen LogP contribution in [0, 0.1) is 0 Å². The molecular weight excluding hydrogens is 198 g/mol. The molecule has 0 aromatic heterocycles. The molecule has 1 aromatic rings. The SMILES string of the molecule is COc1cc(OC)cc(C(O)C(N)=O)c1. The van der Waals surface area contributed by atoms with E-state index in [9.17, 15) is 9.90 Å². The van der Waals surface area contributed by atoms with E-state index in [1.54, 1.807) is 6.07 Å². The Labute approximate surface area is 87.4 Å². The van der Waals surface area contributed by atoms with Gasteiger partial charge in [-0.25, -0.2) is 0 Å². The largest absolute Gasteiger partial charge is 0.497 e. The van der Waals surface area contributed by atoms with Gasteiger partial charge in [-0.2, -0.15) is 0 Å². The molecule has 1 aromatic carbocycles. The van der Waals surface area contributed by atoms with Crippen LogP contribution in [0.4, 0.5) is 0 Å². The number of nitrogens with two attached hydrogens (primary N) is 1. The number of ether oxygens (including phenoxy) is 2. The van der Waals surface area contributed by atoms with E-state index < -0.39 is 12.0 Å². The Morgan fingerprint density at radius 3 is 2.07 bits per heavy atom. The summed E-state index contributed by atoms with van der Waals surface area (Å²) in [5, 5.41) is 9.45. The van der Waals surface area contributed by atoms with Crippen LogP contribution >= 0.6 is 0 Å². The maximum absolute atomic E-state index is 10.8. The Balaban J connectivity index is 3.11. The van der Waals surface area contributed by atoms with Gasteiger partial charge < -0.3 is 20.3 Å². The number of methoxy groups -OCH3 is 2. The lowest BCUT2D eigenvalue weighted by molar-refractivity contribution is -0.126. The van der Waals surface area contributed by atoms with Crippen LogP contribution in [0.3, 0.4) is 0 Å². The van der Waals surface area contributed by atoms with Gasteiger partial charge in [-0.1, -0.05) is 0 Å². The van der Waals surface area contributed by atoms with Crippen LogP contribution in [0.25, 0.3) is 0 Å². The number of carbonyl (C=O) groups excluding carboxylic acids is 1. The number of aliphatic hydroxyl groups excluding tert-OH is 1. The van der Waals surface area contributed by atoms with Crippen molar-refractivity contribution in [1.82, 2.24) is 0 Å². The van der Waals surface area contributed by atoms with E-state index in [0.717, 1.165) is 0 Å². The molecule has 3 N–H and O–H groups in total. The zero-order valence-corrected chi connectivity index (χ0v) is 8.56. The number of primary amides is 1. The number of rotatable bonds is 4. The minimum absolute atomic E-state index is 0.346. The lowest BCUT2D eigenvalue weighted by Gasteiger charge is -2.10. The van der Waals surface area contributed by atoms with Crippen LogP contribution < -0.4 is 15.2 Å². The first-order valence-electron chi connectivity index (χ1n) is 4.29. The van der Waals surface area contributed by atoms with Crippen molar-refractivity contribution in [3.8, 4) is 11.5 Å². The molecule has 1 rings (SSSR count). The molecule has 1 unspecified atom stereocenters.